The van der Waals surface area contributed by atoms with Crippen molar-refractivity contribution in [1.82, 2.24) is 14.3 Å². The molecule has 5 aliphatic rings. The second-order valence-electron chi connectivity index (χ2n) is 17.5. The lowest BCUT2D eigenvalue weighted by molar-refractivity contribution is -0.0351. The topological polar surface area (TPSA) is 122 Å². The number of hydrogen-bond donors (Lipinski definition) is 1. The molecule has 4 bridgehead atoms. The molecule has 4 fully saturated rings. The minimum atomic E-state index is -3.85. The normalized spacial score (nSPS) is 22.8. The number of ether oxygens (including phenoxy) is 1. The number of amides is 1. The average Bonchev–Trinajstić information content (AvgIpc) is 3.58. The Hall–Kier alpha value is -4.65. The number of anilines is 2. The van der Waals surface area contributed by atoms with Gasteiger partial charge < -0.3 is 9.64 Å². The van der Waals surface area contributed by atoms with Crippen molar-refractivity contribution in [2.45, 2.75) is 89.3 Å². The number of nitrogens with one attached hydrogen (secondary N) is 1. The van der Waals surface area contributed by atoms with Crippen LogP contribution in [0.1, 0.15) is 90.4 Å². The molecule has 10 nitrogen and oxygen atoms in total. The second kappa shape index (κ2) is 14.3. The molecule has 4 aliphatic carbocycles. The lowest BCUT2D eigenvalue weighted by Crippen LogP contribution is -2.56. The number of nitrogens with zero attached hydrogens (tertiary/aromatic N) is 4. The van der Waals surface area contributed by atoms with E-state index < -0.39 is 21.6 Å². The Kier molecular flexibility index (Phi) is 9.52. The third kappa shape index (κ3) is 7.03. The number of sulfonamides is 1. The van der Waals surface area contributed by atoms with E-state index in [0.717, 1.165) is 58.9 Å². The van der Waals surface area contributed by atoms with Gasteiger partial charge in [-0.1, -0.05) is 47.7 Å². The van der Waals surface area contributed by atoms with Crippen molar-refractivity contribution in [3.8, 4) is 11.1 Å². The highest BCUT2D eigenvalue weighted by Gasteiger charge is 2.51. The largest absolute Gasteiger partial charge is 0.455 e. The molecule has 1 N–H and O–H groups in total. The van der Waals surface area contributed by atoms with Crippen LogP contribution >= 0.6 is 11.3 Å². The number of fused-ring (bicyclic) bond motifs is 2. The van der Waals surface area contributed by atoms with E-state index in [1.54, 1.807) is 23.5 Å². The highest BCUT2D eigenvalue weighted by molar-refractivity contribution is 7.89. The fourth-order valence-electron chi connectivity index (χ4n) is 10.4. The molecule has 0 saturated heterocycles. The van der Waals surface area contributed by atoms with Crippen LogP contribution in [0.2, 0.25) is 0 Å². The van der Waals surface area contributed by atoms with Crippen LogP contribution in [0.25, 0.3) is 21.3 Å². The third-order valence-corrected chi connectivity index (χ3v) is 15.6. The van der Waals surface area contributed by atoms with Crippen LogP contribution in [0.15, 0.2) is 77.7 Å². The maximum absolute atomic E-state index is 14.5. The predicted molar refractivity (Wildman–Crippen MR) is 224 cm³/mol. The van der Waals surface area contributed by atoms with E-state index >= 15 is 0 Å². The first-order valence-corrected chi connectivity index (χ1v) is 22.3. The molecule has 3 aromatic carbocycles. The number of para-hydroxylation sites is 1. The third-order valence-electron chi connectivity index (χ3n) is 12.7. The van der Waals surface area contributed by atoms with Crippen LogP contribution in [0, 0.1) is 30.6 Å². The van der Waals surface area contributed by atoms with Crippen LogP contribution < -0.4 is 10.2 Å². The zero-order chi connectivity index (χ0) is 39.8. The summed E-state index contributed by atoms with van der Waals surface area (Å²) < 4.78 is 37.6. The van der Waals surface area contributed by atoms with Crippen molar-refractivity contribution < 1.29 is 22.7 Å². The smallest absolute Gasteiger partial charge is 0.358 e. The summed E-state index contributed by atoms with van der Waals surface area (Å²) in [4.78, 5) is 39.6. The van der Waals surface area contributed by atoms with Crippen LogP contribution in [0.3, 0.4) is 0 Å². The SMILES string of the molecule is Cc1c(-c2ccc(N3CCc4cccc(C(=O)Nc5nc6ccccc6s5)c4C3)nc2C(=O)OC(C)(C)C)cccc1S(=O)(=O)N(C)C1C2CC3CC(C2)CC1C3. The summed E-state index contributed by atoms with van der Waals surface area (Å²) in [6.45, 7) is 8.30. The van der Waals surface area contributed by atoms with Crippen molar-refractivity contribution >= 4 is 54.4 Å². The molecule has 0 unspecified atom stereocenters. The fourth-order valence-corrected chi connectivity index (χ4v) is 13.0. The summed E-state index contributed by atoms with van der Waals surface area (Å²) in [6.07, 6.45) is 6.47. The number of aromatic nitrogens is 2. The summed E-state index contributed by atoms with van der Waals surface area (Å²) in [5.41, 5.74) is 4.40. The number of carbonyl (C=O) groups is 2. The average molecular weight is 804 g/mol. The molecule has 1 amide bonds. The Morgan fingerprint density at radius 1 is 0.877 bits per heavy atom. The Labute approximate surface area is 338 Å². The summed E-state index contributed by atoms with van der Waals surface area (Å²) >= 11 is 1.44. The zero-order valence-electron chi connectivity index (χ0n) is 33.1. The number of thiazole rings is 1. The van der Waals surface area contributed by atoms with E-state index in [1.165, 1.54) is 17.8 Å². The predicted octanol–water partition coefficient (Wildman–Crippen LogP) is 8.88. The molecule has 3 heterocycles. The minimum Gasteiger partial charge on any atom is -0.455 e. The van der Waals surface area contributed by atoms with E-state index in [0.29, 0.717) is 64.5 Å². The Balaban J connectivity index is 1.03. The second-order valence-corrected chi connectivity index (χ2v) is 20.5. The van der Waals surface area contributed by atoms with Gasteiger partial charge in [-0.05, 0) is 149 Å². The Bertz CT molecular complexity index is 2460. The van der Waals surface area contributed by atoms with Gasteiger partial charge in [-0.3, -0.25) is 10.1 Å². The fraction of sp³-hybridized carbons (Fsp3) is 0.422. The number of hydrogen-bond acceptors (Lipinski definition) is 9. The van der Waals surface area contributed by atoms with Crippen molar-refractivity contribution in [3.63, 3.8) is 0 Å². The summed E-state index contributed by atoms with van der Waals surface area (Å²) in [6, 6.07) is 22.6. The van der Waals surface area contributed by atoms with Crippen molar-refractivity contribution in [3.05, 3.63) is 101 Å². The molecule has 4 saturated carbocycles. The van der Waals surface area contributed by atoms with Gasteiger partial charge in [0.2, 0.25) is 10.0 Å². The molecule has 10 rings (SSSR count). The van der Waals surface area contributed by atoms with E-state index in [4.69, 9.17) is 9.72 Å². The first kappa shape index (κ1) is 37.9. The first-order chi connectivity index (χ1) is 27.2. The van der Waals surface area contributed by atoms with Gasteiger partial charge in [0.15, 0.2) is 10.8 Å². The summed E-state index contributed by atoms with van der Waals surface area (Å²) in [5, 5.41) is 3.55. The number of rotatable bonds is 8. The van der Waals surface area contributed by atoms with Gasteiger partial charge in [-0.2, -0.15) is 4.31 Å². The molecule has 296 valence electrons. The van der Waals surface area contributed by atoms with Gasteiger partial charge in [0, 0.05) is 37.3 Å². The maximum Gasteiger partial charge on any atom is 0.358 e. The standard InChI is InChI=1S/C45H49N5O5S2/c1-26-32(11-9-15-38(26)57(53,54)49(5)41-30-21-27-20-28(23-30)24-31(41)22-27)33-16-17-39(47-40(33)43(52)55-45(2,3)4)50-19-18-29-10-8-12-34(35(29)25-50)42(51)48-44-46-36-13-6-7-14-37(36)56-44/h6-17,27-28,30-31,41H,18-25H2,1-5H3,(H,46,48,51). The van der Waals surface area contributed by atoms with Gasteiger partial charge >= 0.3 is 5.97 Å². The van der Waals surface area contributed by atoms with Crippen LogP contribution in [-0.4, -0.2) is 59.8 Å². The molecule has 5 aromatic rings. The van der Waals surface area contributed by atoms with Crippen LogP contribution in [-0.2, 0) is 27.7 Å². The maximum atomic E-state index is 14.5. The van der Waals surface area contributed by atoms with Gasteiger partial charge in [-0.15, -0.1) is 0 Å². The van der Waals surface area contributed by atoms with Crippen molar-refractivity contribution in [2.24, 2.45) is 23.7 Å². The number of carbonyl (C=O) groups excluding carboxylic acids is 2. The molecule has 2 aromatic heterocycles. The highest BCUT2D eigenvalue weighted by atomic mass is 32.2. The summed E-state index contributed by atoms with van der Waals surface area (Å²) in [5.74, 6) is 2.04. The molecule has 1 aliphatic heterocycles. The first-order valence-electron chi connectivity index (χ1n) is 20.1. The molecule has 0 radical (unpaired) electrons. The lowest BCUT2D eigenvalue weighted by Gasteiger charge is -2.56. The van der Waals surface area contributed by atoms with E-state index in [2.05, 4.69) is 15.2 Å². The van der Waals surface area contributed by atoms with Crippen molar-refractivity contribution in [1.29, 1.82) is 0 Å². The van der Waals surface area contributed by atoms with E-state index in [-0.39, 0.29) is 22.5 Å². The van der Waals surface area contributed by atoms with Crippen LogP contribution in [0.4, 0.5) is 10.9 Å². The Morgan fingerprint density at radius 2 is 1.60 bits per heavy atom. The Morgan fingerprint density at radius 3 is 2.32 bits per heavy atom. The van der Waals surface area contributed by atoms with Gasteiger partial charge in [0.1, 0.15) is 11.4 Å². The molecule has 0 spiro atoms. The van der Waals surface area contributed by atoms with Gasteiger partial charge in [0.25, 0.3) is 5.91 Å². The summed E-state index contributed by atoms with van der Waals surface area (Å²) in [7, 11) is -2.08. The molecular formula is C45H49N5O5S2. The molecule has 0 atom stereocenters. The monoisotopic (exact) mass is 803 g/mol. The van der Waals surface area contributed by atoms with Gasteiger partial charge in [0.05, 0.1) is 15.1 Å². The molecular weight excluding hydrogens is 755 g/mol. The highest BCUT2D eigenvalue weighted by Crippen LogP contribution is 2.55. The lowest BCUT2D eigenvalue weighted by atomic mass is 9.54. The number of benzene rings is 3. The zero-order valence-corrected chi connectivity index (χ0v) is 34.8. The van der Waals surface area contributed by atoms with Crippen LogP contribution in [0.5, 0.6) is 0 Å². The van der Waals surface area contributed by atoms with E-state index in [9.17, 15) is 18.0 Å². The van der Waals surface area contributed by atoms with Gasteiger partial charge in [-0.25, -0.2) is 23.2 Å². The molecule has 12 heteroatoms. The molecule has 57 heavy (non-hydrogen) atoms. The quantitative estimate of drug-likeness (QED) is 0.155. The number of esters is 1. The number of pyridine rings is 1. The minimum absolute atomic E-state index is 0.0119. The van der Waals surface area contributed by atoms with Crippen molar-refractivity contribution in [2.75, 3.05) is 23.8 Å². The van der Waals surface area contributed by atoms with E-state index in [1.807, 2.05) is 88.4 Å².